The smallest absolute Gasteiger partial charge is 0.286 e. The monoisotopic (exact) mass is 487 g/mol. The van der Waals surface area contributed by atoms with E-state index in [0.717, 1.165) is 17.1 Å². The van der Waals surface area contributed by atoms with Gasteiger partial charge in [0.15, 0.2) is 0 Å². The first-order chi connectivity index (χ1) is 15.9. The van der Waals surface area contributed by atoms with Gasteiger partial charge in [-0.25, -0.2) is 0 Å². The fourth-order valence-corrected chi connectivity index (χ4v) is 4.36. The summed E-state index contributed by atoms with van der Waals surface area (Å²) in [4.78, 5) is 39.5. The lowest BCUT2D eigenvalue weighted by Gasteiger charge is -2.31. The maximum absolute atomic E-state index is 12.9. The van der Waals surface area contributed by atoms with Gasteiger partial charge >= 0.3 is 0 Å². The van der Waals surface area contributed by atoms with Crippen LogP contribution in [0, 0.1) is 12.8 Å². The minimum atomic E-state index is -0.460. The number of carbonyl (C=O) groups is 3. The quantitative estimate of drug-likeness (QED) is 0.549. The van der Waals surface area contributed by atoms with Gasteiger partial charge in [-0.3, -0.25) is 14.4 Å². The number of hydrogen-bond donors (Lipinski definition) is 2. The van der Waals surface area contributed by atoms with Crippen molar-refractivity contribution >= 4 is 46.3 Å². The van der Waals surface area contributed by atoms with Crippen molar-refractivity contribution in [3.05, 3.63) is 63.0 Å². The number of benzene rings is 1. The van der Waals surface area contributed by atoms with E-state index in [2.05, 4.69) is 20.8 Å². The second-order valence-corrected chi connectivity index (χ2v) is 9.11. The summed E-state index contributed by atoms with van der Waals surface area (Å²) < 4.78 is 5.47. The van der Waals surface area contributed by atoms with Gasteiger partial charge in [-0.1, -0.05) is 22.9 Å². The van der Waals surface area contributed by atoms with E-state index in [4.69, 9.17) is 16.0 Å². The third kappa shape index (κ3) is 5.77. The summed E-state index contributed by atoms with van der Waals surface area (Å²) in [6.07, 6.45) is 1.39. The Morgan fingerprint density at radius 2 is 1.91 bits per heavy atom. The molecule has 0 spiro atoms. The normalized spacial score (nSPS) is 15.8. The number of nitrogens with zero attached hydrogens (tertiary/aromatic N) is 3. The van der Waals surface area contributed by atoms with E-state index >= 15 is 0 Å². The summed E-state index contributed by atoms with van der Waals surface area (Å²) in [5, 5.41) is 14.1. The highest BCUT2D eigenvalue weighted by molar-refractivity contribution is 7.15. The molecule has 3 amide bonds. The fraction of sp³-hybridized carbons (Fsp3) is 0.318. The first-order valence-electron chi connectivity index (χ1n) is 10.4. The van der Waals surface area contributed by atoms with Gasteiger partial charge < -0.3 is 20.0 Å². The van der Waals surface area contributed by atoms with E-state index in [1.54, 1.807) is 29.2 Å². The third-order valence-electron chi connectivity index (χ3n) is 5.22. The van der Waals surface area contributed by atoms with Gasteiger partial charge in [0.25, 0.3) is 11.8 Å². The van der Waals surface area contributed by atoms with Crippen LogP contribution in [0.5, 0.6) is 0 Å². The number of hydrogen-bond acceptors (Lipinski definition) is 7. The van der Waals surface area contributed by atoms with Crippen LogP contribution in [0.3, 0.4) is 0 Å². The number of furan rings is 1. The maximum Gasteiger partial charge on any atom is 0.286 e. The molecule has 0 bridgehead atoms. The van der Waals surface area contributed by atoms with Gasteiger partial charge in [0.05, 0.1) is 12.5 Å². The molecule has 0 saturated carbocycles. The Kier molecular flexibility index (Phi) is 7.05. The van der Waals surface area contributed by atoms with E-state index in [-0.39, 0.29) is 34.3 Å². The summed E-state index contributed by atoms with van der Waals surface area (Å²) in [6, 6.07) is 10.3. The lowest BCUT2D eigenvalue weighted by atomic mass is 9.97. The number of likely N-dealkylation sites (tertiary alicyclic amines) is 1. The van der Waals surface area contributed by atoms with Crippen molar-refractivity contribution in [3.63, 3.8) is 0 Å². The summed E-state index contributed by atoms with van der Waals surface area (Å²) in [5.74, 6) is 0.228. The minimum Gasteiger partial charge on any atom is -0.465 e. The molecule has 3 aromatic rings. The average molecular weight is 488 g/mol. The molecule has 4 rings (SSSR count). The SMILES string of the molecule is Cc1ccc(CNC(=O)C2CCCN(C(=O)c3nnc(C(=O)Nc4ccc(Cl)cc4)s3)C2)o1. The van der Waals surface area contributed by atoms with Gasteiger partial charge in [-0.05, 0) is 56.2 Å². The van der Waals surface area contributed by atoms with Crippen LogP contribution in [0.25, 0.3) is 0 Å². The molecule has 2 aromatic heterocycles. The number of rotatable bonds is 6. The zero-order valence-corrected chi connectivity index (χ0v) is 19.4. The largest absolute Gasteiger partial charge is 0.465 e. The van der Waals surface area contributed by atoms with Crippen LogP contribution >= 0.6 is 22.9 Å². The number of aromatic nitrogens is 2. The van der Waals surface area contributed by atoms with Crippen LogP contribution in [0.4, 0.5) is 5.69 Å². The molecular weight excluding hydrogens is 466 g/mol. The summed E-state index contributed by atoms with van der Waals surface area (Å²) in [7, 11) is 0. The van der Waals surface area contributed by atoms with Crippen molar-refractivity contribution in [3.8, 4) is 0 Å². The number of piperidine rings is 1. The second-order valence-electron chi connectivity index (χ2n) is 7.69. The molecule has 3 heterocycles. The van der Waals surface area contributed by atoms with Crippen molar-refractivity contribution in [2.24, 2.45) is 5.92 Å². The molecular formula is C22H22ClN5O4S. The lowest BCUT2D eigenvalue weighted by molar-refractivity contribution is -0.126. The second kappa shape index (κ2) is 10.1. The molecule has 1 saturated heterocycles. The van der Waals surface area contributed by atoms with Crippen molar-refractivity contribution in [2.75, 3.05) is 18.4 Å². The van der Waals surface area contributed by atoms with Gasteiger partial charge in [0.2, 0.25) is 15.9 Å². The summed E-state index contributed by atoms with van der Waals surface area (Å²) in [5.41, 5.74) is 0.557. The molecule has 172 valence electrons. The van der Waals surface area contributed by atoms with Crippen LogP contribution in [0.2, 0.25) is 5.02 Å². The van der Waals surface area contributed by atoms with Crippen LogP contribution in [0.1, 0.15) is 44.0 Å². The van der Waals surface area contributed by atoms with E-state index in [1.165, 1.54) is 0 Å². The minimum absolute atomic E-state index is 0.0772. The molecule has 33 heavy (non-hydrogen) atoms. The molecule has 1 atom stereocenters. The topological polar surface area (TPSA) is 117 Å². The predicted octanol–water partition coefficient (Wildman–Crippen LogP) is 3.51. The lowest BCUT2D eigenvalue weighted by Crippen LogP contribution is -2.45. The molecule has 1 unspecified atom stereocenters. The number of anilines is 1. The number of amides is 3. The zero-order valence-electron chi connectivity index (χ0n) is 17.8. The van der Waals surface area contributed by atoms with E-state index < -0.39 is 5.91 Å². The Morgan fingerprint density at radius 1 is 1.15 bits per heavy atom. The van der Waals surface area contributed by atoms with Crippen LogP contribution in [-0.2, 0) is 11.3 Å². The van der Waals surface area contributed by atoms with E-state index in [1.807, 2.05) is 19.1 Å². The molecule has 1 fully saturated rings. The standard InChI is InChI=1S/C22H22ClN5O4S/c1-13-4-9-17(32-13)11-24-18(29)14-3-2-10-28(12-14)22(31)21-27-26-20(33-21)19(30)25-16-7-5-15(23)6-8-16/h4-9,14H,2-3,10-12H2,1H3,(H,24,29)(H,25,30). The fourth-order valence-electron chi connectivity index (χ4n) is 3.53. The maximum atomic E-state index is 12.9. The molecule has 0 aliphatic carbocycles. The predicted molar refractivity (Wildman–Crippen MR) is 123 cm³/mol. The Balaban J connectivity index is 1.33. The highest BCUT2D eigenvalue weighted by atomic mass is 35.5. The Labute approximate surface area is 199 Å². The van der Waals surface area contributed by atoms with Crippen molar-refractivity contribution < 1.29 is 18.8 Å². The van der Waals surface area contributed by atoms with Crippen molar-refractivity contribution in [1.29, 1.82) is 0 Å². The molecule has 1 aromatic carbocycles. The van der Waals surface area contributed by atoms with Gasteiger partial charge in [-0.15, -0.1) is 10.2 Å². The van der Waals surface area contributed by atoms with Crippen molar-refractivity contribution in [1.82, 2.24) is 20.4 Å². The highest BCUT2D eigenvalue weighted by Crippen LogP contribution is 2.21. The van der Waals surface area contributed by atoms with Crippen LogP contribution in [0.15, 0.2) is 40.8 Å². The van der Waals surface area contributed by atoms with Crippen LogP contribution < -0.4 is 10.6 Å². The molecule has 1 aliphatic heterocycles. The number of aryl methyl sites for hydroxylation is 1. The molecule has 1 aliphatic rings. The van der Waals surface area contributed by atoms with E-state index in [0.29, 0.717) is 42.4 Å². The molecule has 11 heteroatoms. The molecule has 2 N–H and O–H groups in total. The molecule has 9 nitrogen and oxygen atoms in total. The number of halogens is 1. The summed E-state index contributed by atoms with van der Waals surface area (Å²) >= 11 is 6.77. The Hall–Kier alpha value is -3.24. The Morgan fingerprint density at radius 3 is 2.64 bits per heavy atom. The first kappa shape index (κ1) is 22.9. The van der Waals surface area contributed by atoms with Crippen LogP contribution in [-0.4, -0.2) is 45.9 Å². The summed E-state index contributed by atoms with van der Waals surface area (Å²) in [6.45, 7) is 2.95. The average Bonchev–Trinajstić information content (AvgIpc) is 3.48. The Bertz CT molecular complexity index is 1160. The van der Waals surface area contributed by atoms with Gasteiger partial charge in [0, 0.05) is 23.8 Å². The van der Waals surface area contributed by atoms with Crippen molar-refractivity contribution in [2.45, 2.75) is 26.3 Å². The molecule has 0 radical (unpaired) electrons. The zero-order chi connectivity index (χ0) is 23.4. The number of carbonyl (C=O) groups excluding carboxylic acids is 3. The number of nitrogens with one attached hydrogen (secondary N) is 2. The van der Waals surface area contributed by atoms with Gasteiger partial charge in [-0.2, -0.15) is 0 Å². The first-order valence-corrected chi connectivity index (χ1v) is 11.6. The highest BCUT2D eigenvalue weighted by Gasteiger charge is 2.31. The van der Waals surface area contributed by atoms with Gasteiger partial charge in [0.1, 0.15) is 11.5 Å². The van der Waals surface area contributed by atoms with E-state index in [9.17, 15) is 14.4 Å². The third-order valence-corrected chi connectivity index (χ3v) is 6.38.